The molecule has 0 saturated carbocycles. The molecule has 0 radical (unpaired) electrons. The van der Waals surface area contributed by atoms with E-state index in [0.29, 0.717) is 23.5 Å². The van der Waals surface area contributed by atoms with Gasteiger partial charge in [-0.15, -0.1) is 0 Å². The zero-order valence-electron chi connectivity index (χ0n) is 11.5. The van der Waals surface area contributed by atoms with E-state index in [1.165, 1.54) is 12.1 Å². The molecule has 112 valence electrons. The van der Waals surface area contributed by atoms with Gasteiger partial charge in [0, 0.05) is 25.2 Å². The van der Waals surface area contributed by atoms with Crippen LogP contribution in [0.25, 0.3) is 11.0 Å². The molecular formula is C13H17N5O3. The van der Waals surface area contributed by atoms with Crippen LogP contribution in [-0.2, 0) is 0 Å². The molecule has 1 fully saturated rings. The third-order valence-electron chi connectivity index (χ3n) is 3.69. The van der Waals surface area contributed by atoms with Crippen LogP contribution in [0.15, 0.2) is 18.2 Å². The van der Waals surface area contributed by atoms with Crippen molar-refractivity contribution in [3.8, 4) is 0 Å². The third kappa shape index (κ3) is 2.96. The predicted molar refractivity (Wildman–Crippen MR) is 78.1 cm³/mol. The van der Waals surface area contributed by atoms with Crippen molar-refractivity contribution in [3.05, 3.63) is 28.3 Å². The number of H-pyrrole nitrogens is 1. The van der Waals surface area contributed by atoms with Crippen molar-refractivity contribution in [2.45, 2.75) is 19.1 Å². The standard InChI is InChI=1S/C13H17N5O3/c19-12(17-5-1-2-6-17)8-14-13-15-10-4-3-9(18(20)21)7-11(10)16-13/h3-4,7,12,19H,1-2,5-6,8H2,(H2,14,15,16). The number of hydrogen-bond acceptors (Lipinski definition) is 6. The lowest BCUT2D eigenvalue weighted by atomic mass is 10.3. The van der Waals surface area contributed by atoms with E-state index >= 15 is 0 Å². The lowest BCUT2D eigenvalue weighted by Crippen LogP contribution is -2.37. The highest BCUT2D eigenvalue weighted by Crippen LogP contribution is 2.20. The summed E-state index contributed by atoms with van der Waals surface area (Å²) in [6, 6.07) is 4.47. The van der Waals surface area contributed by atoms with Crippen LogP contribution in [0.5, 0.6) is 0 Å². The Morgan fingerprint density at radius 1 is 1.48 bits per heavy atom. The highest BCUT2D eigenvalue weighted by Gasteiger charge is 2.19. The first kappa shape index (κ1) is 13.8. The number of nitro groups is 1. The van der Waals surface area contributed by atoms with Crippen LogP contribution in [0, 0.1) is 10.1 Å². The summed E-state index contributed by atoms with van der Waals surface area (Å²) in [5.41, 5.74) is 1.27. The van der Waals surface area contributed by atoms with Crippen LogP contribution in [0.4, 0.5) is 11.6 Å². The van der Waals surface area contributed by atoms with Crippen LogP contribution in [0.1, 0.15) is 12.8 Å². The Hall–Kier alpha value is -2.19. The maximum Gasteiger partial charge on any atom is 0.271 e. The van der Waals surface area contributed by atoms with E-state index in [0.717, 1.165) is 25.9 Å². The fourth-order valence-electron chi connectivity index (χ4n) is 2.55. The highest BCUT2D eigenvalue weighted by molar-refractivity contribution is 5.79. The maximum absolute atomic E-state index is 10.7. The number of hydrogen-bond donors (Lipinski definition) is 3. The molecule has 1 aromatic heterocycles. The van der Waals surface area contributed by atoms with Crippen molar-refractivity contribution in [1.82, 2.24) is 14.9 Å². The summed E-state index contributed by atoms with van der Waals surface area (Å²) in [6.07, 6.45) is 1.69. The summed E-state index contributed by atoms with van der Waals surface area (Å²) in [5, 5.41) is 23.8. The number of rotatable bonds is 5. The van der Waals surface area contributed by atoms with Crippen molar-refractivity contribution in [3.63, 3.8) is 0 Å². The van der Waals surface area contributed by atoms with Gasteiger partial charge in [0.1, 0.15) is 6.23 Å². The number of aromatic amines is 1. The molecule has 21 heavy (non-hydrogen) atoms. The predicted octanol–water partition coefficient (Wildman–Crippen LogP) is 1.30. The number of fused-ring (bicyclic) bond motifs is 1. The maximum atomic E-state index is 10.7. The van der Waals surface area contributed by atoms with Crippen LogP contribution < -0.4 is 5.32 Å². The van der Waals surface area contributed by atoms with Gasteiger partial charge < -0.3 is 15.4 Å². The average Bonchev–Trinajstić information content (AvgIpc) is 3.12. The molecule has 0 aliphatic carbocycles. The number of nitrogens with one attached hydrogen (secondary N) is 2. The number of nitro benzene ring substituents is 1. The molecule has 0 spiro atoms. The Labute approximate surface area is 120 Å². The first-order valence-corrected chi connectivity index (χ1v) is 6.93. The van der Waals surface area contributed by atoms with Crippen LogP contribution >= 0.6 is 0 Å². The minimum absolute atomic E-state index is 0.0230. The van der Waals surface area contributed by atoms with Crippen molar-refractivity contribution in [2.24, 2.45) is 0 Å². The number of aliphatic hydroxyl groups excluding tert-OH is 1. The minimum atomic E-state index is -0.546. The van der Waals surface area contributed by atoms with Crippen molar-refractivity contribution >= 4 is 22.7 Å². The van der Waals surface area contributed by atoms with Gasteiger partial charge in [-0.2, -0.15) is 0 Å². The molecule has 3 rings (SSSR count). The molecule has 2 heterocycles. The zero-order chi connectivity index (χ0) is 14.8. The Bertz CT molecular complexity index is 650. The molecule has 1 unspecified atom stereocenters. The molecule has 1 aromatic carbocycles. The number of anilines is 1. The summed E-state index contributed by atoms with van der Waals surface area (Å²) in [5.74, 6) is 0.503. The number of imidazole rings is 1. The molecule has 8 heteroatoms. The topological polar surface area (TPSA) is 107 Å². The van der Waals surface area contributed by atoms with E-state index in [4.69, 9.17) is 0 Å². The fraction of sp³-hybridized carbons (Fsp3) is 0.462. The molecular weight excluding hydrogens is 274 g/mol. The second-order valence-corrected chi connectivity index (χ2v) is 5.15. The first-order chi connectivity index (χ1) is 10.1. The number of benzene rings is 1. The number of nitrogens with zero attached hydrogens (tertiary/aromatic N) is 3. The van der Waals surface area contributed by atoms with Gasteiger partial charge >= 0.3 is 0 Å². The Kier molecular flexibility index (Phi) is 3.72. The van der Waals surface area contributed by atoms with Crippen molar-refractivity contribution < 1.29 is 10.0 Å². The normalized spacial score (nSPS) is 17.2. The van der Waals surface area contributed by atoms with Crippen LogP contribution in [-0.4, -0.2) is 50.8 Å². The number of aliphatic hydroxyl groups is 1. The van der Waals surface area contributed by atoms with E-state index in [1.54, 1.807) is 6.07 Å². The van der Waals surface area contributed by atoms with Gasteiger partial charge in [-0.25, -0.2) is 4.98 Å². The molecule has 1 aliphatic rings. The summed E-state index contributed by atoms with van der Waals surface area (Å²) < 4.78 is 0. The molecule has 2 aromatic rings. The van der Waals surface area contributed by atoms with E-state index in [-0.39, 0.29) is 5.69 Å². The second-order valence-electron chi connectivity index (χ2n) is 5.15. The highest BCUT2D eigenvalue weighted by atomic mass is 16.6. The lowest BCUT2D eigenvalue weighted by molar-refractivity contribution is -0.384. The van der Waals surface area contributed by atoms with E-state index in [9.17, 15) is 15.2 Å². The van der Waals surface area contributed by atoms with Gasteiger partial charge in [0.05, 0.1) is 22.5 Å². The van der Waals surface area contributed by atoms with Crippen molar-refractivity contribution in [2.75, 3.05) is 25.0 Å². The lowest BCUT2D eigenvalue weighted by Gasteiger charge is -2.22. The smallest absolute Gasteiger partial charge is 0.271 e. The fourth-order valence-corrected chi connectivity index (χ4v) is 2.55. The zero-order valence-corrected chi connectivity index (χ0v) is 11.5. The van der Waals surface area contributed by atoms with E-state index in [1.807, 2.05) is 4.90 Å². The summed E-state index contributed by atoms with van der Waals surface area (Å²) in [7, 11) is 0. The summed E-state index contributed by atoms with van der Waals surface area (Å²) in [4.78, 5) is 19.6. The van der Waals surface area contributed by atoms with Gasteiger partial charge in [0.25, 0.3) is 5.69 Å². The quantitative estimate of drug-likeness (QED) is 0.566. The number of aromatic nitrogens is 2. The van der Waals surface area contributed by atoms with Crippen molar-refractivity contribution in [1.29, 1.82) is 0 Å². The third-order valence-corrected chi connectivity index (χ3v) is 3.69. The van der Waals surface area contributed by atoms with E-state index in [2.05, 4.69) is 15.3 Å². The molecule has 0 amide bonds. The number of likely N-dealkylation sites (tertiary alicyclic amines) is 1. The van der Waals surface area contributed by atoms with Gasteiger partial charge in [-0.3, -0.25) is 15.0 Å². The Morgan fingerprint density at radius 3 is 2.95 bits per heavy atom. The average molecular weight is 291 g/mol. The monoisotopic (exact) mass is 291 g/mol. The molecule has 1 saturated heterocycles. The SMILES string of the molecule is O=[N+]([O-])c1ccc2nc(NCC(O)N3CCCC3)[nH]c2c1. The number of non-ortho nitro benzene ring substituents is 1. The van der Waals surface area contributed by atoms with Gasteiger partial charge in [0.2, 0.25) is 5.95 Å². The first-order valence-electron chi connectivity index (χ1n) is 6.93. The largest absolute Gasteiger partial charge is 0.377 e. The van der Waals surface area contributed by atoms with Crippen LogP contribution in [0.3, 0.4) is 0 Å². The molecule has 0 bridgehead atoms. The van der Waals surface area contributed by atoms with Crippen LogP contribution in [0.2, 0.25) is 0 Å². The summed E-state index contributed by atoms with van der Waals surface area (Å²) >= 11 is 0. The van der Waals surface area contributed by atoms with Gasteiger partial charge in [0.15, 0.2) is 0 Å². The molecule has 8 nitrogen and oxygen atoms in total. The Balaban J connectivity index is 1.68. The molecule has 1 atom stereocenters. The molecule has 3 N–H and O–H groups in total. The summed E-state index contributed by atoms with van der Waals surface area (Å²) in [6.45, 7) is 2.19. The van der Waals surface area contributed by atoms with E-state index < -0.39 is 11.2 Å². The minimum Gasteiger partial charge on any atom is -0.377 e. The van der Waals surface area contributed by atoms with Gasteiger partial charge in [-0.1, -0.05) is 0 Å². The Morgan fingerprint density at radius 2 is 2.24 bits per heavy atom. The second kappa shape index (κ2) is 5.66. The van der Waals surface area contributed by atoms with Gasteiger partial charge in [-0.05, 0) is 18.9 Å². The molecule has 1 aliphatic heterocycles.